The van der Waals surface area contributed by atoms with Gasteiger partial charge >= 0.3 is 0 Å². The van der Waals surface area contributed by atoms with Crippen LogP contribution in [0, 0.1) is 12.8 Å². The fourth-order valence-electron chi connectivity index (χ4n) is 4.75. The van der Waals surface area contributed by atoms with Gasteiger partial charge in [0.25, 0.3) is 11.8 Å². The largest absolute Gasteiger partial charge is 0.365 e. The van der Waals surface area contributed by atoms with E-state index in [1.807, 2.05) is 42.8 Å². The maximum absolute atomic E-state index is 13.9. The van der Waals surface area contributed by atoms with Crippen molar-refractivity contribution >= 4 is 11.6 Å². The van der Waals surface area contributed by atoms with Crippen molar-refractivity contribution in [2.24, 2.45) is 5.92 Å². The lowest BCUT2D eigenvalue weighted by molar-refractivity contribution is 0.0257. The minimum absolute atomic E-state index is 0.132. The van der Waals surface area contributed by atoms with Crippen LogP contribution in [0.1, 0.15) is 73.0 Å². The zero-order valence-corrected chi connectivity index (χ0v) is 18.2. The first-order valence-electron chi connectivity index (χ1n) is 11.3. The number of carbonyl (C=O) groups excluding carboxylic acids is 1. The lowest BCUT2D eigenvalue weighted by atomic mass is 10.0. The molecular formula is C24H30F2N4O. The predicted molar refractivity (Wildman–Crippen MR) is 116 cm³/mol. The Kier molecular flexibility index (Phi) is 4.83. The number of benzene rings is 1. The molecule has 2 saturated carbocycles. The highest BCUT2D eigenvalue weighted by Crippen LogP contribution is 2.46. The molecule has 31 heavy (non-hydrogen) atoms. The van der Waals surface area contributed by atoms with E-state index in [0.717, 1.165) is 36.2 Å². The molecule has 1 atom stereocenters. The number of halogens is 2. The normalized spacial score (nSPS) is 22.4. The van der Waals surface area contributed by atoms with Gasteiger partial charge in [0.05, 0.1) is 18.6 Å². The van der Waals surface area contributed by atoms with Gasteiger partial charge in [-0.25, -0.2) is 13.8 Å². The van der Waals surface area contributed by atoms with Crippen LogP contribution in [0.25, 0.3) is 0 Å². The number of hydrogen-bond donors (Lipinski definition) is 1. The van der Waals surface area contributed by atoms with Gasteiger partial charge in [-0.1, -0.05) is 18.9 Å². The van der Waals surface area contributed by atoms with E-state index in [1.54, 1.807) is 11.2 Å². The zero-order chi connectivity index (χ0) is 21.8. The molecule has 1 N–H and O–H groups in total. The molecule has 1 saturated heterocycles. The molecule has 2 heterocycles. The number of nitrogens with one attached hydrogen (secondary N) is 1. The molecule has 1 amide bonds. The van der Waals surface area contributed by atoms with Gasteiger partial charge in [0.15, 0.2) is 0 Å². The van der Waals surface area contributed by atoms with E-state index in [9.17, 15) is 13.6 Å². The maximum Gasteiger partial charge on any atom is 0.266 e. The molecule has 2 aliphatic carbocycles. The van der Waals surface area contributed by atoms with E-state index in [4.69, 9.17) is 0 Å². The number of imidazole rings is 1. The van der Waals surface area contributed by atoms with Crippen LogP contribution in [0.4, 0.5) is 14.5 Å². The van der Waals surface area contributed by atoms with Crippen molar-refractivity contribution in [2.75, 3.05) is 18.0 Å². The summed E-state index contributed by atoms with van der Waals surface area (Å²) >= 11 is 0. The molecule has 166 valence electrons. The third-order valence-corrected chi connectivity index (χ3v) is 6.87. The highest BCUT2D eigenvalue weighted by molar-refractivity contribution is 5.95. The Hall–Kier alpha value is -2.44. The molecule has 7 heteroatoms. The molecule has 1 aromatic heterocycles. The first kappa shape index (κ1) is 20.5. The summed E-state index contributed by atoms with van der Waals surface area (Å²) in [5.41, 5.74) is 2.75. The quantitative estimate of drug-likeness (QED) is 0.688. The second-order valence-electron chi connectivity index (χ2n) is 9.87. The van der Waals surface area contributed by atoms with Crippen LogP contribution >= 0.6 is 0 Å². The number of aryl methyl sites for hydroxylation is 1. The van der Waals surface area contributed by atoms with E-state index in [2.05, 4.69) is 10.3 Å². The van der Waals surface area contributed by atoms with Crippen LogP contribution < -0.4 is 10.2 Å². The molecule has 5 nitrogen and oxygen atoms in total. The first-order chi connectivity index (χ1) is 14.7. The van der Waals surface area contributed by atoms with Crippen LogP contribution in [0.15, 0.2) is 30.7 Å². The van der Waals surface area contributed by atoms with Crippen LogP contribution in [-0.2, 0) is 5.66 Å². The topological polar surface area (TPSA) is 50.2 Å². The van der Waals surface area contributed by atoms with Crippen molar-refractivity contribution in [2.45, 2.75) is 69.9 Å². The van der Waals surface area contributed by atoms with Gasteiger partial charge in [-0.05, 0) is 62.6 Å². The summed E-state index contributed by atoms with van der Waals surface area (Å²) in [4.78, 5) is 19.4. The summed E-state index contributed by atoms with van der Waals surface area (Å²) in [6, 6.07) is 5.64. The number of rotatable bonds is 7. The van der Waals surface area contributed by atoms with Crippen molar-refractivity contribution < 1.29 is 13.6 Å². The third-order valence-electron chi connectivity index (χ3n) is 6.87. The minimum Gasteiger partial charge on any atom is -0.365 e. The number of nitrogens with zero attached hydrogens (tertiary/aromatic N) is 3. The van der Waals surface area contributed by atoms with E-state index < -0.39 is 11.6 Å². The molecule has 3 fully saturated rings. The van der Waals surface area contributed by atoms with Crippen LogP contribution in [-0.4, -0.2) is 34.5 Å². The molecule has 0 radical (unpaired) electrons. The number of alkyl halides is 2. The summed E-state index contributed by atoms with van der Waals surface area (Å²) < 4.78 is 29.8. The Morgan fingerprint density at radius 1 is 1.29 bits per heavy atom. The van der Waals surface area contributed by atoms with Gasteiger partial charge in [0.2, 0.25) is 0 Å². The Bertz CT molecular complexity index is 995. The van der Waals surface area contributed by atoms with Crippen molar-refractivity contribution in [3.8, 4) is 0 Å². The van der Waals surface area contributed by atoms with Gasteiger partial charge < -0.3 is 14.8 Å². The molecule has 0 spiro atoms. The number of carbonyl (C=O) groups is 1. The van der Waals surface area contributed by atoms with E-state index >= 15 is 0 Å². The molecule has 0 bridgehead atoms. The lowest BCUT2D eigenvalue weighted by Gasteiger charge is -2.33. The maximum atomic E-state index is 13.9. The standard InChI is InChI=1S/C24H30F2N4O/c1-16-13-30(15-27-16)23(2,12-17-3-4-17)28-22(31)19-7-8-20(18-5-6-18)21(11-19)29-10-9-24(25,26)14-29/h7-8,11,13,15,17-18H,3-6,9-10,12,14H2,1-2H3,(H,28,31)/t23-/m1/s1. The first-order valence-corrected chi connectivity index (χ1v) is 11.3. The monoisotopic (exact) mass is 428 g/mol. The molecule has 5 rings (SSSR count). The Balaban J connectivity index is 1.42. The fraction of sp³-hybridized carbons (Fsp3) is 0.583. The van der Waals surface area contributed by atoms with Crippen molar-refractivity contribution in [1.29, 1.82) is 0 Å². The molecule has 0 unspecified atom stereocenters. The van der Waals surface area contributed by atoms with Crippen LogP contribution in [0.3, 0.4) is 0 Å². The highest BCUT2D eigenvalue weighted by Gasteiger charge is 2.41. The number of amides is 1. The summed E-state index contributed by atoms with van der Waals surface area (Å²) in [5, 5.41) is 3.23. The highest BCUT2D eigenvalue weighted by atomic mass is 19.3. The van der Waals surface area contributed by atoms with Crippen molar-refractivity contribution in [3.05, 3.63) is 47.5 Å². The Morgan fingerprint density at radius 2 is 2.06 bits per heavy atom. The van der Waals surface area contributed by atoms with Crippen molar-refractivity contribution in [1.82, 2.24) is 14.9 Å². The fourth-order valence-corrected chi connectivity index (χ4v) is 4.75. The van der Waals surface area contributed by atoms with Crippen LogP contribution in [0.2, 0.25) is 0 Å². The van der Waals surface area contributed by atoms with Gasteiger partial charge in [-0.3, -0.25) is 4.79 Å². The van der Waals surface area contributed by atoms with Crippen LogP contribution in [0.5, 0.6) is 0 Å². The average Bonchev–Trinajstić information content (AvgIpc) is 3.64. The molecule has 1 aromatic carbocycles. The molecule has 1 aliphatic heterocycles. The Morgan fingerprint density at radius 3 is 2.65 bits per heavy atom. The summed E-state index contributed by atoms with van der Waals surface area (Å²) in [6.45, 7) is 4.02. The average molecular weight is 429 g/mol. The number of anilines is 1. The summed E-state index contributed by atoms with van der Waals surface area (Å²) in [5.74, 6) is -1.81. The van der Waals surface area contributed by atoms with E-state index in [1.165, 1.54) is 12.8 Å². The zero-order valence-electron chi connectivity index (χ0n) is 18.2. The molecular weight excluding hydrogens is 398 g/mol. The number of aromatic nitrogens is 2. The van der Waals surface area contributed by atoms with Gasteiger partial charge in [0, 0.05) is 30.4 Å². The summed E-state index contributed by atoms with van der Waals surface area (Å²) in [6.07, 6.45) is 8.98. The van der Waals surface area contributed by atoms with Crippen molar-refractivity contribution in [3.63, 3.8) is 0 Å². The van der Waals surface area contributed by atoms with Gasteiger partial charge in [-0.15, -0.1) is 0 Å². The van der Waals surface area contributed by atoms with E-state index in [0.29, 0.717) is 23.9 Å². The second-order valence-corrected chi connectivity index (χ2v) is 9.87. The van der Waals surface area contributed by atoms with Gasteiger partial charge in [0.1, 0.15) is 5.66 Å². The second kappa shape index (κ2) is 7.31. The number of hydrogen-bond acceptors (Lipinski definition) is 3. The predicted octanol–water partition coefficient (Wildman–Crippen LogP) is 4.82. The Labute approximate surface area is 181 Å². The minimum atomic E-state index is -2.67. The SMILES string of the molecule is Cc1cn([C@](C)(CC2CC2)NC(=O)c2ccc(C3CC3)c(N3CCC(F)(F)C3)c2)cn1. The third kappa shape index (κ3) is 4.32. The van der Waals surface area contributed by atoms with Gasteiger partial charge in [-0.2, -0.15) is 0 Å². The summed E-state index contributed by atoms with van der Waals surface area (Å²) in [7, 11) is 0. The molecule has 3 aliphatic rings. The smallest absolute Gasteiger partial charge is 0.266 e. The van der Waals surface area contributed by atoms with E-state index in [-0.39, 0.29) is 18.9 Å². The molecule has 2 aromatic rings. The lowest BCUT2D eigenvalue weighted by Crippen LogP contribution is -2.48.